The summed E-state index contributed by atoms with van der Waals surface area (Å²) >= 11 is 4.20. The number of nitrogens with zero attached hydrogens (tertiary/aromatic N) is 2. The van der Waals surface area contributed by atoms with Crippen molar-refractivity contribution in [3.8, 4) is 6.07 Å². The van der Waals surface area contributed by atoms with Crippen LogP contribution in [0.25, 0.3) is 0 Å². The van der Waals surface area contributed by atoms with E-state index in [1.54, 1.807) is 4.90 Å². The van der Waals surface area contributed by atoms with Gasteiger partial charge in [0.05, 0.1) is 25.6 Å². The summed E-state index contributed by atoms with van der Waals surface area (Å²) < 4.78 is 5.21. The molecule has 4 nitrogen and oxygen atoms in total. The fraction of sp³-hybridized carbons (Fsp3) is 0.385. The molecule has 0 saturated carbocycles. The van der Waals surface area contributed by atoms with Gasteiger partial charge in [-0.1, -0.05) is 12.1 Å². The number of amides is 1. The van der Waals surface area contributed by atoms with Gasteiger partial charge in [0.15, 0.2) is 6.10 Å². The number of rotatable bonds is 2. The van der Waals surface area contributed by atoms with E-state index in [0.29, 0.717) is 26.1 Å². The van der Waals surface area contributed by atoms with Crippen LogP contribution in [0.5, 0.6) is 0 Å². The number of thiol groups is 1. The Bertz CT molecular complexity index is 467. The molecule has 94 valence electrons. The topological polar surface area (TPSA) is 53.3 Å². The predicted octanol–water partition coefficient (Wildman–Crippen LogP) is 1.27. The van der Waals surface area contributed by atoms with Crippen LogP contribution in [0.3, 0.4) is 0 Å². The minimum Gasteiger partial charge on any atom is -0.360 e. The lowest BCUT2D eigenvalue weighted by Crippen LogP contribution is -2.45. The Kier molecular flexibility index (Phi) is 4.24. The molecule has 0 bridgehead atoms. The van der Waals surface area contributed by atoms with E-state index in [4.69, 9.17) is 10.00 Å². The quantitative estimate of drug-likeness (QED) is 0.817. The van der Waals surface area contributed by atoms with Gasteiger partial charge < -0.3 is 9.64 Å². The Labute approximate surface area is 112 Å². The Balaban J connectivity index is 1.95. The second-order valence-electron chi connectivity index (χ2n) is 4.17. The van der Waals surface area contributed by atoms with Gasteiger partial charge in [-0.05, 0) is 17.7 Å². The van der Waals surface area contributed by atoms with Gasteiger partial charge in [0, 0.05) is 11.4 Å². The van der Waals surface area contributed by atoms with Gasteiger partial charge in [0.25, 0.3) is 0 Å². The first-order valence-corrected chi connectivity index (χ1v) is 6.20. The molecule has 5 heteroatoms. The van der Waals surface area contributed by atoms with Gasteiger partial charge in [-0.25, -0.2) is 0 Å². The van der Waals surface area contributed by atoms with E-state index in [0.717, 1.165) is 10.5 Å². The fourth-order valence-electron chi connectivity index (χ4n) is 1.85. The highest BCUT2D eigenvalue weighted by atomic mass is 32.1. The van der Waals surface area contributed by atoms with Crippen molar-refractivity contribution in [1.29, 1.82) is 5.26 Å². The Morgan fingerprint density at radius 1 is 1.50 bits per heavy atom. The molecule has 0 aliphatic carbocycles. The Hall–Kier alpha value is -1.51. The SMILES string of the molecule is N#CC1CN(C(=O)Cc2ccc(S)cc2)CCO1. The Morgan fingerprint density at radius 3 is 2.89 bits per heavy atom. The average molecular weight is 262 g/mol. The fourth-order valence-corrected chi connectivity index (χ4v) is 2.00. The third kappa shape index (κ3) is 3.25. The molecular weight excluding hydrogens is 248 g/mol. The highest BCUT2D eigenvalue weighted by molar-refractivity contribution is 7.80. The van der Waals surface area contributed by atoms with Crippen LogP contribution >= 0.6 is 12.6 Å². The molecule has 1 amide bonds. The number of hydrogen-bond donors (Lipinski definition) is 1. The summed E-state index contributed by atoms with van der Waals surface area (Å²) in [6.07, 6.45) is -0.144. The first kappa shape index (κ1) is 12.9. The third-order valence-electron chi connectivity index (χ3n) is 2.85. The number of nitriles is 1. The van der Waals surface area contributed by atoms with E-state index in [1.807, 2.05) is 30.3 Å². The molecule has 1 aliphatic heterocycles. The van der Waals surface area contributed by atoms with Crippen molar-refractivity contribution in [2.45, 2.75) is 17.4 Å². The molecule has 1 unspecified atom stereocenters. The monoisotopic (exact) mass is 262 g/mol. The van der Waals surface area contributed by atoms with Crippen molar-refractivity contribution in [1.82, 2.24) is 4.90 Å². The van der Waals surface area contributed by atoms with Gasteiger partial charge >= 0.3 is 0 Å². The van der Waals surface area contributed by atoms with Crippen LogP contribution in [0.2, 0.25) is 0 Å². The summed E-state index contributed by atoms with van der Waals surface area (Å²) in [6.45, 7) is 1.35. The second-order valence-corrected chi connectivity index (χ2v) is 4.69. The van der Waals surface area contributed by atoms with Crippen molar-refractivity contribution in [3.63, 3.8) is 0 Å². The van der Waals surface area contributed by atoms with E-state index >= 15 is 0 Å². The van der Waals surface area contributed by atoms with Gasteiger partial charge in [0.2, 0.25) is 5.91 Å². The van der Waals surface area contributed by atoms with Crippen LogP contribution in [0.4, 0.5) is 0 Å². The van der Waals surface area contributed by atoms with E-state index in [9.17, 15) is 4.79 Å². The first-order valence-electron chi connectivity index (χ1n) is 5.76. The second kappa shape index (κ2) is 5.89. The predicted molar refractivity (Wildman–Crippen MR) is 69.3 cm³/mol. The van der Waals surface area contributed by atoms with Gasteiger partial charge in [0.1, 0.15) is 0 Å². The van der Waals surface area contributed by atoms with Gasteiger partial charge in [-0.2, -0.15) is 5.26 Å². The standard InChI is InChI=1S/C13H14N2O2S/c14-8-11-9-15(5-6-17-11)13(16)7-10-1-3-12(18)4-2-10/h1-4,11,18H,5-7,9H2. The number of ether oxygens (including phenoxy) is 1. The van der Waals surface area contributed by atoms with Crippen molar-refractivity contribution in [2.24, 2.45) is 0 Å². The maximum Gasteiger partial charge on any atom is 0.227 e. The van der Waals surface area contributed by atoms with Gasteiger partial charge in [-0.3, -0.25) is 4.79 Å². The molecular formula is C13H14N2O2S. The first-order chi connectivity index (χ1) is 8.69. The largest absolute Gasteiger partial charge is 0.360 e. The maximum atomic E-state index is 12.1. The average Bonchev–Trinajstić information content (AvgIpc) is 2.41. The van der Waals surface area contributed by atoms with E-state index in [2.05, 4.69) is 12.6 Å². The summed E-state index contributed by atoms with van der Waals surface area (Å²) in [5, 5.41) is 8.79. The minimum atomic E-state index is -0.498. The van der Waals surface area contributed by atoms with Crippen LogP contribution < -0.4 is 0 Å². The molecule has 1 saturated heterocycles. The van der Waals surface area contributed by atoms with Crippen molar-refractivity contribution < 1.29 is 9.53 Å². The van der Waals surface area contributed by atoms with Crippen LogP contribution in [-0.2, 0) is 16.0 Å². The minimum absolute atomic E-state index is 0.0328. The zero-order chi connectivity index (χ0) is 13.0. The van der Waals surface area contributed by atoms with E-state index < -0.39 is 6.10 Å². The summed E-state index contributed by atoms with van der Waals surface area (Å²) in [5.74, 6) is 0.0328. The summed E-state index contributed by atoms with van der Waals surface area (Å²) in [6, 6.07) is 9.54. The molecule has 1 aromatic rings. The summed E-state index contributed by atoms with van der Waals surface area (Å²) in [7, 11) is 0. The van der Waals surface area contributed by atoms with Crippen LogP contribution in [0.1, 0.15) is 5.56 Å². The Morgan fingerprint density at radius 2 is 2.22 bits per heavy atom. The number of morpholine rings is 1. The number of benzene rings is 1. The van der Waals surface area contributed by atoms with Gasteiger partial charge in [-0.15, -0.1) is 12.6 Å². The molecule has 1 aliphatic rings. The molecule has 1 heterocycles. The smallest absolute Gasteiger partial charge is 0.227 e. The maximum absolute atomic E-state index is 12.1. The van der Waals surface area contributed by atoms with E-state index in [1.165, 1.54) is 0 Å². The van der Waals surface area contributed by atoms with Crippen molar-refractivity contribution in [3.05, 3.63) is 29.8 Å². The van der Waals surface area contributed by atoms with Crippen LogP contribution in [0.15, 0.2) is 29.2 Å². The normalized spacial score (nSPS) is 19.3. The number of carbonyl (C=O) groups is 1. The summed E-state index contributed by atoms with van der Waals surface area (Å²) in [4.78, 5) is 14.6. The zero-order valence-corrected chi connectivity index (χ0v) is 10.8. The molecule has 1 aromatic carbocycles. The lowest BCUT2D eigenvalue weighted by atomic mass is 10.1. The van der Waals surface area contributed by atoms with Crippen LogP contribution in [0, 0.1) is 11.3 Å². The third-order valence-corrected chi connectivity index (χ3v) is 3.15. The molecule has 0 N–H and O–H groups in total. The molecule has 1 atom stereocenters. The van der Waals surface area contributed by atoms with Crippen molar-refractivity contribution in [2.75, 3.05) is 19.7 Å². The summed E-state index contributed by atoms with van der Waals surface area (Å²) in [5.41, 5.74) is 0.956. The number of hydrogen-bond acceptors (Lipinski definition) is 4. The highest BCUT2D eigenvalue weighted by Gasteiger charge is 2.23. The van der Waals surface area contributed by atoms with E-state index in [-0.39, 0.29) is 5.91 Å². The molecule has 0 radical (unpaired) electrons. The molecule has 1 fully saturated rings. The van der Waals surface area contributed by atoms with Crippen LogP contribution in [-0.4, -0.2) is 36.6 Å². The molecule has 0 spiro atoms. The molecule has 18 heavy (non-hydrogen) atoms. The highest BCUT2D eigenvalue weighted by Crippen LogP contribution is 2.11. The number of carbonyl (C=O) groups excluding carboxylic acids is 1. The molecule has 0 aromatic heterocycles. The van der Waals surface area contributed by atoms with Crippen molar-refractivity contribution >= 4 is 18.5 Å². The lowest BCUT2D eigenvalue weighted by Gasteiger charge is -2.29. The molecule has 2 rings (SSSR count). The zero-order valence-electron chi connectivity index (χ0n) is 9.87. The lowest BCUT2D eigenvalue weighted by molar-refractivity contribution is -0.136.